The van der Waals surface area contributed by atoms with Crippen molar-refractivity contribution in [1.82, 2.24) is 5.32 Å². The van der Waals surface area contributed by atoms with Crippen LogP contribution in [0.3, 0.4) is 0 Å². The standard InChI is InChI=1S/C20H16N4O3/c1-2-27-20(26)13-7-9-14(10-8-13)24(12-21)18(25)11-17-15-5-3-4-6-16(15)19(22)23-17/h3-11H,2H2,1H3,(H2,22,23). The van der Waals surface area contributed by atoms with Crippen molar-refractivity contribution >= 4 is 29.1 Å². The molecule has 0 fully saturated rings. The van der Waals surface area contributed by atoms with Crippen LogP contribution < -0.4 is 10.2 Å². The van der Waals surface area contributed by atoms with E-state index in [2.05, 4.69) is 5.32 Å². The fourth-order valence-electron chi connectivity index (χ4n) is 2.70. The predicted molar refractivity (Wildman–Crippen MR) is 99.9 cm³/mol. The molecular weight excluding hydrogens is 344 g/mol. The van der Waals surface area contributed by atoms with E-state index in [0.717, 1.165) is 10.5 Å². The molecule has 0 atom stereocenters. The minimum absolute atomic E-state index is 0.201. The van der Waals surface area contributed by atoms with Gasteiger partial charge in [0.25, 0.3) is 5.91 Å². The molecule has 0 bridgehead atoms. The number of carbonyl (C=O) groups is 2. The fraction of sp³-hybridized carbons (Fsp3) is 0.100. The second kappa shape index (κ2) is 7.54. The molecular formula is C20H16N4O3. The first-order valence-electron chi connectivity index (χ1n) is 8.23. The van der Waals surface area contributed by atoms with Crippen molar-refractivity contribution in [3.05, 3.63) is 71.3 Å². The largest absolute Gasteiger partial charge is 0.462 e. The van der Waals surface area contributed by atoms with E-state index < -0.39 is 11.9 Å². The summed E-state index contributed by atoms with van der Waals surface area (Å²) >= 11 is 0. The third-order valence-electron chi connectivity index (χ3n) is 3.97. The van der Waals surface area contributed by atoms with Gasteiger partial charge in [-0.05, 0) is 31.2 Å². The number of amidine groups is 1. The zero-order valence-corrected chi connectivity index (χ0v) is 14.5. The highest BCUT2D eigenvalue weighted by Crippen LogP contribution is 2.24. The molecule has 2 aromatic rings. The van der Waals surface area contributed by atoms with E-state index in [1.54, 1.807) is 19.1 Å². The number of rotatable bonds is 4. The quantitative estimate of drug-likeness (QED) is 0.377. The molecule has 0 spiro atoms. The minimum Gasteiger partial charge on any atom is -0.462 e. The maximum atomic E-state index is 12.6. The van der Waals surface area contributed by atoms with Crippen LogP contribution in [0, 0.1) is 16.9 Å². The first-order chi connectivity index (χ1) is 13.0. The van der Waals surface area contributed by atoms with Gasteiger partial charge in [-0.25, -0.2) is 9.69 Å². The average Bonchev–Trinajstić information content (AvgIpc) is 2.99. The molecule has 0 aromatic heterocycles. The highest BCUT2D eigenvalue weighted by molar-refractivity contribution is 6.15. The highest BCUT2D eigenvalue weighted by atomic mass is 16.5. The molecule has 7 heteroatoms. The summed E-state index contributed by atoms with van der Waals surface area (Å²) in [6, 6.07) is 13.2. The van der Waals surface area contributed by atoms with Crippen LogP contribution in [0.4, 0.5) is 5.69 Å². The van der Waals surface area contributed by atoms with Crippen LogP contribution in [-0.4, -0.2) is 24.3 Å². The van der Waals surface area contributed by atoms with Crippen LogP contribution in [-0.2, 0) is 9.53 Å². The van der Waals surface area contributed by atoms with Gasteiger partial charge >= 0.3 is 5.97 Å². The van der Waals surface area contributed by atoms with E-state index in [9.17, 15) is 14.9 Å². The second-order valence-corrected chi connectivity index (χ2v) is 5.64. The Bertz CT molecular complexity index is 987. The van der Waals surface area contributed by atoms with E-state index in [-0.39, 0.29) is 12.4 Å². The predicted octanol–water partition coefficient (Wildman–Crippen LogP) is 2.65. The van der Waals surface area contributed by atoms with Gasteiger partial charge < -0.3 is 10.1 Å². The van der Waals surface area contributed by atoms with Crippen LogP contribution in [0.1, 0.15) is 28.4 Å². The van der Waals surface area contributed by atoms with Crippen LogP contribution in [0.5, 0.6) is 0 Å². The Morgan fingerprint density at radius 3 is 2.48 bits per heavy atom. The summed E-state index contributed by atoms with van der Waals surface area (Å²) in [6.07, 6.45) is 3.12. The number of amides is 1. The number of nitriles is 1. The van der Waals surface area contributed by atoms with Gasteiger partial charge in [0.05, 0.1) is 23.6 Å². The van der Waals surface area contributed by atoms with Crippen molar-refractivity contribution in [2.24, 2.45) is 0 Å². The fourth-order valence-corrected chi connectivity index (χ4v) is 2.70. The highest BCUT2D eigenvalue weighted by Gasteiger charge is 2.23. The lowest BCUT2D eigenvalue weighted by atomic mass is 10.1. The molecule has 2 aromatic carbocycles. The number of esters is 1. The van der Waals surface area contributed by atoms with Gasteiger partial charge in [-0.2, -0.15) is 5.26 Å². The Labute approximate surface area is 156 Å². The molecule has 134 valence electrons. The zero-order chi connectivity index (χ0) is 19.4. The van der Waals surface area contributed by atoms with Crippen molar-refractivity contribution < 1.29 is 14.3 Å². The Hall–Kier alpha value is -3.92. The molecule has 1 amide bonds. The van der Waals surface area contributed by atoms with Gasteiger partial charge in [0, 0.05) is 17.2 Å². The van der Waals surface area contributed by atoms with Crippen LogP contribution in [0.25, 0.3) is 5.70 Å². The second-order valence-electron chi connectivity index (χ2n) is 5.64. The number of benzene rings is 2. The van der Waals surface area contributed by atoms with Gasteiger partial charge in [0.15, 0.2) is 6.19 Å². The summed E-state index contributed by atoms with van der Waals surface area (Å²) in [5.41, 5.74) is 2.55. The van der Waals surface area contributed by atoms with E-state index in [4.69, 9.17) is 10.1 Å². The molecule has 0 radical (unpaired) electrons. The van der Waals surface area contributed by atoms with Crippen LogP contribution in [0.2, 0.25) is 0 Å². The lowest BCUT2D eigenvalue weighted by Gasteiger charge is -2.13. The van der Waals surface area contributed by atoms with Gasteiger partial charge in [-0.15, -0.1) is 0 Å². The maximum Gasteiger partial charge on any atom is 0.338 e. The summed E-state index contributed by atoms with van der Waals surface area (Å²) in [5, 5.41) is 20.2. The molecule has 0 unspecified atom stereocenters. The SMILES string of the molecule is CCOC(=O)c1ccc(N(C#N)C(=O)C=C2NC(=N)c3ccccc32)cc1. The first-order valence-corrected chi connectivity index (χ1v) is 8.23. The lowest BCUT2D eigenvalue weighted by molar-refractivity contribution is -0.113. The van der Waals surface area contributed by atoms with E-state index >= 15 is 0 Å². The monoisotopic (exact) mass is 360 g/mol. The van der Waals surface area contributed by atoms with Crippen LogP contribution >= 0.6 is 0 Å². The third kappa shape index (κ3) is 3.55. The van der Waals surface area contributed by atoms with E-state index in [0.29, 0.717) is 22.5 Å². The van der Waals surface area contributed by atoms with Gasteiger partial charge in [-0.1, -0.05) is 24.3 Å². The molecule has 0 aliphatic carbocycles. The molecule has 1 heterocycles. The molecule has 27 heavy (non-hydrogen) atoms. The zero-order valence-electron chi connectivity index (χ0n) is 14.5. The Balaban J connectivity index is 1.85. The Morgan fingerprint density at radius 1 is 1.19 bits per heavy atom. The number of carbonyl (C=O) groups excluding carboxylic acids is 2. The average molecular weight is 360 g/mol. The summed E-state index contributed by atoms with van der Waals surface area (Å²) in [6.45, 7) is 1.98. The number of fused-ring (bicyclic) bond motifs is 1. The number of nitrogens with one attached hydrogen (secondary N) is 2. The van der Waals surface area contributed by atoms with Crippen molar-refractivity contribution in [2.75, 3.05) is 11.5 Å². The smallest absolute Gasteiger partial charge is 0.338 e. The number of anilines is 1. The number of ether oxygens (including phenoxy) is 1. The molecule has 1 aliphatic rings. The maximum absolute atomic E-state index is 12.6. The minimum atomic E-state index is -0.562. The first kappa shape index (κ1) is 17.9. The van der Waals surface area contributed by atoms with Gasteiger partial charge in [0.2, 0.25) is 0 Å². The topological polar surface area (TPSA) is 106 Å². The number of nitrogens with zero attached hydrogens (tertiary/aromatic N) is 2. The van der Waals surface area contributed by atoms with Crippen molar-refractivity contribution in [3.63, 3.8) is 0 Å². The summed E-state index contributed by atoms with van der Waals surface area (Å²) in [5.74, 6) is -0.827. The third-order valence-corrected chi connectivity index (χ3v) is 3.97. The van der Waals surface area contributed by atoms with Crippen molar-refractivity contribution in [1.29, 1.82) is 10.7 Å². The Kier molecular flexibility index (Phi) is 4.99. The van der Waals surface area contributed by atoms with Crippen molar-refractivity contribution in [3.8, 4) is 6.19 Å². The molecule has 0 saturated carbocycles. The van der Waals surface area contributed by atoms with Gasteiger partial charge in [0.1, 0.15) is 5.84 Å². The number of hydrogen-bond donors (Lipinski definition) is 2. The molecule has 1 aliphatic heterocycles. The number of hydrogen-bond acceptors (Lipinski definition) is 5. The molecule has 3 rings (SSSR count). The lowest BCUT2D eigenvalue weighted by Crippen LogP contribution is -2.25. The van der Waals surface area contributed by atoms with E-state index in [1.807, 2.05) is 18.3 Å². The molecule has 0 saturated heterocycles. The molecule has 7 nitrogen and oxygen atoms in total. The summed E-state index contributed by atoms with van der Waals surface area (Å²) in [4.78, 5) is 25.2. The Morgan fingerprint density at radius 2 is 1.85 bits per heavy atom. The van der Waals surface area contributed by atoms with E-state index in [1.165, 1.54) is 30.3 Å². The summed E-state index contributed by atoms with van der Waals surface area (Å²) in [7, 11) is 0. The van der Waals surface area contributed by atoms with Crippen LogP contribution in [0.15, 0.2) is 54.6 Å². The summed E-state index contributed by atoms with van der Waals surface area (Å²) < 4.78 is 4.91. The van der Waals surface area contributed by atoms with Crippen molar-refractivity contribution in [2.45, 2.75) is 6.92 Å². The molecule has 2 N–H and O–H groups in total. The van der Waals surface area contributed by atoms with Gasteiger partial charge in [-0.3, -0.25) is 10.2 Å². The normalized spacial score (nSPS) is 13.5.